The Labute approximate surface area is 131 Å². The van der Waals surface area contributed by atoms with Crippen LogP contribution in [0.25, 0.3) is 0 Å². The Morgan fingerprint density at radius 3 is 2.30 bits per heavy atom. The molecule has 20 heavy (non-hydrogen) atoms. The molecule has 0 spiro atoms. The zero-order valence-corrected chi connectivity index (χ0v) is 13.3. The van der Waals surface area contributed by atoms with Crippen LogP contribution in [0.5, 0.6) is 0 Å². The second-order valence-electron chi connectivity index (χ2n) is 4.04. The Morgan fingerprint density at radius 1 is 1.00 bits per heavy atom. The van der Waals surface area contributed by atoms with Crippen molar-refractivity contribution in [1.82, 2.24) is 5.32 Å². The van der Waals surface area contributed by atoms with Gasteiger partial charge in [-0.3, -0.25) is 4.79 Å². The third-order valence-corrected chi connectivity index (χ3v) is 3.61. The zero-order valence-electron chi connectivity index (χ0n) is 10.1. The van der Waals surface area contributed by atoms with Crippen LogP contribution in [0.15, 0.2) is 45.3 Å². The lowest BCUT2D eigenvalue weighted by Crippen LogP contribution is -2.24. The molecule has 0 atom stereocenters. The number of hydrogen-bond acceptors (Lipinski definition) is 1. The first-order valence-electron chi connectivity index (χ1n) is 5.64. The predicted octanol–water partition coefficient (Wildman–Crippen LogP) is 4.42. The first kappa shape index (κ1) is 15.1. The summed E-state index contributed by atoms with van der Waals surface area (Å²) in [5.74, 6) is -1.65. The lowest BCUT2D eigenvalue weighted by molar-refractivity contribution is 0.0946. The molecule has 0 unspecified atom stereocenters. The maximum atomic E-state index is 13.5. The Bertz CT molecular complexity index is 662. The molecule has 0 heterocycles. The average molecular weight is 405 g/mol. The summed E-state index contributed by atoms with van der Waals surface area (Å²) < 4.78 is 28.3. The highest BCUT2D eigenvalue weighted by Crippen LogP contribution is 2.17. The Morgan fingerprint density at radius 2 is 1.60 bits per heavy atom. The van der Waals surface area contributed by atoms with E-state index in [1.165, 1.54) is 24.3 Å². The van der Waals surface area contributed by atoms with Crippen LogP contribution in [0.4, 0.5) is 8.78 Å². The maximum Gasteiger partial charge on any atom is 0.254 e. The van der Waals surface area contributed by atoms with Gasteiger partial charge in [-0.25, -0.2) is 8.78 Å². The second-order valence-corrected chi connectivity index (χ2v) is 5.87. The molecule has 0 bridgehead atoms. The summed E-state index contributed by atoms with van der Waals surface area (Å²) in [4.78, 5) is 11.9. The number of nitrogens with one attached hydrogen (secondary N) is 1. The van der Waals surface area contributed by atoms with Gasteiger partial charge in [-0.15, -0.1) is 0 Å². The lowest BCUT2D eigenvalue weighted by Gasteiger charge is -2.08. The molecule has 0 aliphatic rings. The van der Waals surface area contributed by atoms with Crippen LogP contribution >= 0.6 is 31.9 Å². The fourth-order valence-corrected chi connectivity index (χ4v) is 2.39. The molecule has 0 saturated carbocycles. The fraction of sp³-hybridized carbons (Fsp3) is 0.0714. The van der Waals surface area contributed by atoms with Crippen LogP contribution in [0.3, 0.4) is 0 Å². The van der Waals surface area contributed by atoms with Crippen molar-refractivity contribution in [2.75, 3.05) is 0 Å². The van der Waals surface area contributed by atoms with E-state index in [0.29, 0.717) is 14.5 Å². The van der Waals surface area contributed by atoms with Gasteiger partial charge in [0.15, 0.2) is 0 Å². The van der Waals surface area contributed by atoms with E-state index in [0.717, 1.165) is 0 Å². The van der Waals surface area contributed by atoms with Crippen molar-refractivity contribution in [2.24, 2.45) is 0 Å². The SMILES string of the molecule is O=C(NCc1cc(Br)ccc1F)c1cc(Br)ccc1F. The van der Waals surface area contributed by atoms with Gasteiger partial charge in [-0.05, 0) is 36.4 Å². The van der Waals surface area contributed by atoms with Gasteiger partial charge in [-0.1, -0.05) is 31.9 Å². The smallest absolute Gasteiger partial charge is 0.254 e. The molecule has 0 aliphatic heterocycles. The van der Waals surface area contributed by atoms with Crippen molar-refractivity contribution in [3.8, 4) is 0 Å². The summed E-state index contributed by atoms with van der Waals surface area (Å²) in [6, 6.07) is 8.49. The topological polar surface area (TPSA) is 29.1 Å². The van der Waals surface area contributed by atoms with Crippen LogP contribution < -0.4 is 5.32 Å². The van der Waals surface area contributed by atoms with Crippen molar-refractivity contribution < 1.29 is 13.6 Å². The molecular weight excluding hydrogens is 396 g/mol. The van der Waals surface area contributed by atoms with Gasteiger partial charge in [-0.2, -0.15) is 0 Å². The minimum Gasteiger partial charge on any atom is -0.348 e. The predicted molar refractivity (Wildman–Crippen MR) is 79.4 cm³/mol. The van der Waals surface area contributed by atoms with Crippen LogP contribution in [0.2, 0.25) is 0 Å². The Balaban J connectivity index is 2.12. The van der Waals surface area contributed by atoms with Crippen LogP contribution in [0, 0.1) is 11.6 Å². The number of carbonyl (C=O) groups is 1. The minimum absolute atomic E-state index is 0.0178. The molecule has 0 aliphatic carbocycles. The molecule has 1 N–H and O–H groups in total. The third kappa shape index (κ3) is 3.64. The van der Waals surface area contributed by atoms with Gasteiger partial charge in [0.25, 0.3) is 5.91 Å². The van der Waals surface area contributed by atoms with E-state index >= 15 is 0 Å². The zero-order chi connectivity index (χ0) is 14.7. The maximum absolute atomic E-state index is 13.5. The molecule has 104 valence electrons. The summed E-state index contributed by atoms with van der Waals surface area (Å²) >= 11 is 6.39. The molecule has 2 aromatic rings. The van der Waals surface area contributed by atoms with Crippen LogP contribution in [-0.2, 0) is 6.54 Å². The fourth-order valence-electron chi connectivity index (χ4n) is 1.62. The summed E-state index contributed by atoms with van der Waals surface area (Å²) in [7, 11) is 0. The monoisotopic (exact) mass is 403 g/mol. The number of carbonyl (C=O) groups excluding carboxylic acids is 1. The average Bonchev–Trinajstić information content (AvgIpc) is 2.42. The molecule has 0 radical (unpaired) electrons. The van der Waals surface area contributed by atoms with E-state index in [2.05, 4.69) is 37.2 Å². The van der Waals surface area contributed by atoms with E-state index in [9.17, 15) is 13.6 Å². The number of hydrogen-bond donors (Lipinski definition) is 1. The second kappa shape index (κ2) is 6.45. The van der Waals surface area contributed by atoms with Gasteiger partial charge < -0.3 is 5.32 Å². The first-order valence-corrected chi connectivity index (χ1v) is 7.23. The molecular formula is C14H9Br2F2NO. The molecule has 2 nitrogen and oxygen atoms in total. The largest absolute Gasteiger partial charge is 0.348 e. The minimum atomic E-state index is -0.625. The number of amides is 1. The lowest BCUT2D eigenvalue weighted by atomic mass is 10.1. The first-order chi connectivity index (χ1) is 9.47. The molecule has 0 saturated heterocycles. The Hall–Kier alpha value is -1.27. The Kier molecular flexibility index (Phi) is 4.88. The van der Waals surface area contributed by atoms with E-state index in [-0.39, 0.29) is 12.1 Å². The number of rotatable bonds is 3. The van der Waals surface area contributed by atoms with E-state index in [4.69, 9.17) is 0 Å². The van der Waals surface area contributed by atoms with Gasteiger partial charge in [0.05, 0.1) is 5.56 Å². The van der Waals surface area contributed by atoms with Crippen LogP contribution in [-0.4, -0.2) is 5.91 Å². The van der Waals surface area contributed by atoms with Gasteiger partial charge in [0, 0.05) is 21.1 Å². The van der Waals surface area contributed by atoms with Crippen molar-refractivity contribution in [3.63, 3.8) is 0 Å². The van der Waals surface area contributed by atoms with Gasteiger partial charge in [0.2, 0.25) is 0 Å². The molecule has 6 heteroatoms. The van der Waals surface area contributed by atoms with Crippen molar-refractivity contribution in [3.05, 3.63) is 68.1 Å². The summed E-state index contributed by atoms with van der Waals surface area (Å²) in [5.41, 5.74) is 0.234. The van der Waals surface area contributed by atoms with Crippen molar-refractivity contribution >= 4 is 37.8 Å². The van der Waals surface area contributed by atoms with E-state index in [1.54, 1.807) is 12.1 Å². The van der Waals surface area contributed by atoms with Gasteiger partial charge in [0.1, 0.15) is 11.6 Å². The molecule has 2 aromatic carbocycles. The van der Waals surface area contributed by atoms with Gasteiger partial charge >= 0.3 is 0 Å². The van der Waals surface area contributed by atoms with Crippen molar-refractivity contribution in [2.45, 2.75) is 6.54 Å². The highest BCUT2D eigenvalue weighted by atomic mass is 79.9. The number of benzene rings is 2. The summed E-state index contributed by atoms with van der Waals surface area (Å²) in [6.07, 6.45) is 0. The van der Waals surface area contributed by atoms with Crippen LogP contribution in [0.1, 0.15) is 15.9 Å². The normalized spacial score (nSPS) is 10.4. The standard InChI is InChI=1S/C14H9Br2F2NO/c15-9-1-3-12(17)8(5-9)7-19-14(20)11-6-10(16)2-4-13(11)18/h1-6H,7H2,(H,19,20). The quantitative estimate of drug-likeness (QED) is 0.805. The molecule has 0 fully saturated rings. The summed E-state index contributed by atoms with van der Waals surface area (Å²) in [5, 5.41) is 2.49. The van der Waals surface area contributed by atoms with Crippen molar-refractivity contribution in [1.29, 1.82) is 0 Å². The third-order valence-electron chi connectivity index (χ3n) is 2.62. The van der Waals surface area contributed by atoms with E-state index < -0.39 is 17.5 Å². The summed E-state index contributed by atoms with van der Waals surface area (Å²) in [6.45, 7) is -0.0178. The number of halogens is 4. The molecule has 2 rings (SSSR count). The van der Waals surface area contributed by atoms with E-state index in [1.807, 2.05) is 0 Å². The molecule has 1 amide bonds. The highest BCUT2D eigenvalue weighted by molar-refractivity contribution is 9.10. The highest BCUT2D eigenvalue weighted by Gasteiger charge is 2.12. The molecule has 0 aromatic heterocycles.